The number of rotatable bonds is 4. The zero-order valence-corrected chi connectivity index (χ0v) is 12.6. The minimum atomic E-state index is 0.235. The van der Waals surface area contributed by atoms with E-state index in [4.69, 9.17) is 4.74 Å². The van der Waals surface area contributed by atoms with Gasteiger partial charge in [0.05, 0.1) is 18.8 Å². The highest BCUT2D eigenvalue weighted by atomic mass is 16.5. The maximum Gasteiger partial charge on any atom is 0.0896 e. The maximum absolute atomic E-state index is 6.02. The minimum absolute atomic E-state index is 0.235. The zero-order valence-electron chi connectivity index (χ0n) is 12.6. The van der Waals surface area contributed by atoms with Crippen LogP contribution in [-0.2, 0) is 4.74 Å². The van der Waals surface area contributed by atoms with E-state index in [9.17, 15) is 0 Å². The van der Waals surface area contributed by atoms with Crippen LogP contribution >= 0.6 is 0 Å². The highest BCUT2D eigenvalue weighted by molar-refractivity contribution is 5.37. The van der Waals surface area contributed by atoms with E-state index in [-0.39, 0.29) is 6.10 Å². The fourth-order valence-corrected chi connectivity index (χ4v) is 3.18. The van der Waals surface area contributed by atoms with Crippen LogP contribution in [0.1, 0.15) is 29.7 Å². The third-order valence-corrected chi connectivity index (χ3v) is 4.11. The molecule has 0 saturated carbocycles. The lowest BCUT2D eigenvalue weighted by molar-refractivity contribution is -0.0690. The van der Waals surface area contributed by atoms with Crippen LogP contribution < -0.4 is 5.32 Å². The molecule has 2 rings (SSSR count). The van der Waals surface area contributed by atoms with Gasteiger partial charge in [0.25, 0.3) is 0 Å². The molecule has 1 aliphatic rings. The molecule has 1 aromatic rings. The summed E-state index contributed by atoms with van der Waals surface area (Å²) < 4.78 is 6.02. The molecule has 2 unspecified atom stereocenters. The highest BCUT2D eigenvalue weighted by Crippen LogP contribution is 2.33. The van der Waals surface area contributed by atoms with Gasteiger partial charge in [-0.1, -0.05) is 25.1 Å². The Morgan fingerprint density at radius 3 is 2.58 bits per heavy atom. The predicted octanol–water partition coefficient (Wildman–Crippen LogP) is 2.28. The average molecular weight is 262 g/mol. The largest absolute Gasteiger partial charge is 0.374 e. The van der Waals surface area contributed by atoms with Crippen LogP contribution in [0.15, 0.2) is 18.2 Å². The molecule has 1 saturated heterocycles. The smallest absolute Gasteiger partial charge is 0.0896 e. The highest BCUT2D eigenvalue weighted by Gasteiger charge is 2.33. The number of morpholine rings is 1. The van der Waals surface area contributed by atoms with Crippen molar-refractivity contribution in [2.45, 2.75) is 32.9 Å². The van der Waals surface area contributed by atoms with Crippen LogP contribution in [0.5, 0.6) is 0 Å². The molecule has 0 aliphatic carbocycles. The predicted molar refractivity (Wildman–Crippen MR) is 79.6 cm³/mol. The summed E-state index contributed by atoms with van der Waals surface area (Å²) in [6.07, 6.45) is 0.235. The molecule has 1 heterocycles. The first-order valence-corrected chi connectivity index (χ1v) is 7.25. The lowest BCUT2D eigenvalue weighted by Crippen LogP contribution is -2.49. The van der Waals surface area contributed by atoms with Gasteiger partial charge in [-0.2, -0.15) is 0 Å². The first-order chi connectivity index (χ1) is 9.19. The number of nitrogens with one attached hydrogen (secondary N) is 1. The van der Waals surface area contributed by atoms with Crippen molar-refractivity contribution < 1.29 is 4.74 Å². The molecule has 19 heavy (non-hydrogen) atoms. The summed E-state index contributed by atoms with van der Waals surface area (Å²) in [4.78, 5) is 2.54. The van der Waals surface area contributed by atoms with Crippen molar-refractivity contribution in [3.8, 4) is 0 Å². The molecule has 2 atom stereocenters. The van der Waals surface area contributed by atoms with Crippen LogP contribution in [0.25, 0.3) is 0 Å². The van der Waals surface area contributed by atoms with Gasteiger partial charge in [-0.15, -0.1) is 0 Å². The number of hydrogen-bond acceptors (Lipinski definition) is 3. The number of likely N-dealkylation sites (N-methyl/N-ethyl adjacent to an activating group) is 2. The molecule has 1 fully saturated rings. The van der Waals surface area contributed by atoms with Gasteiger partial charge < -0.3 is 10.1 Å². The normalized spacial score (nSPS) is 24.6. The first-order valence-electron chi connectivity index (χ1n) is 7.25. The molecule has 0 amide bonds. The summed E-state index contributed by atoms with van der Waals surface area (Å²) in [6, 6.07) is 6.93. The van der Waals surface area contributed by atoms with Crippen molar-refractivity contribution >= 4 is 0 Å². The molecule has 0 spiro atoms. The quantitative estimate of drug-likeness (QED) is 0.901. The number of hydrogen-bond donors (Lipinski definition) is 1. The Labute approximate surface area is 116 Å². The monoisotopic (exact) mass is 262 g/mol. The summed E-state index contributed by atoms with van der Waals surface area (Å²) in [7, 11) is 2.00. The molecule has 0 bridgehead atoms. The second kappa shape index (κ2) is 6.51. The Morgan fingerprint density at radius 2 is 2.00 bits per heavy atom. The van der Waals surface area contributed by atoms with Crippen molar-refractivity contribution in [3.05, 3.63) is 34.9 Å². The molecule has 1 N–H and O–H groups in total. The SMILES string of the molecule is CCN1CCOC(CNC)C1c1c(C)cccc1C. The summed E-state index contributed by atoms with van der Waals surface area (Å²) >= 11 is 0. The van der Waals surface area contributed by atoms with Gasteiger partial charge in [-0.3, -0.25) is 4.90 Å². The summed E-state index contributed by atoms with van der Waals surface area (Å²) in [5.74, 6) is 0. The van der Waals surface area contributed by atoms with E-state index in [2.05, 4.69) is 49.2 Å². The Kier molecular flexibility index (Phi) is 4.97. The second-order valence-corrected chi connectivity index (χ2v) is 5.35. The van der Waals surface area contributed by atoms with Crippen molar-refractivity contribution in [3.63, 3.8) is 0 Å². The molecule has 3 heteroatoms. The average Bonchev–Trinajstić information content (AvgIpc) is 2.40. The van der Waals surface area contributed by atoms with E-state index in [0.717, 1.165) is 26.2 Å². The zero-order chi connectivity index (χ0) is 13.8. The van der Waals surface area contributed by atoms with Crippen molar-refractivity contribution in [2.24, 2.45) is 0 Å². The third-order valence-electron chi connectivity index (χ3n) is 4.11. The van der Waals surface area contributed by atoms with E-state index in [0.29, 0.717) is 6.04 Å². The Hall–Kier alpha value is -0.900. The fraction of sp³-hybridized carbons (Fsp3) is 0.625. The Bertz CT molecular complexity index is 397. The van der Waals surface area contributed by atoms with Gasteiger partial charge in [0, 0.05) is 13.1 Å². The van der Waals surface area contributed by atoms with Gasteiger partial charge in [-0.25, -0.2) is 0 Å². The Morgan fingerprint density at radius 1 is 1.32 bits per heavy atom. The van der Waals surface area contributed by atoms with Crippen LogP contribution in [-0.4, -0.2) is 44.3 Å². The summed E-state index contributed by atoms with van der Waals surface area (Å²) in [5.41, 5.74) is 4.19. The van der Waals surface area contributed by atoms with Gasteiger partial charge >= 0.3 is 0 Å². The number of ether oxygens (including phenoxy) is 1. The number of nitrogens with zero attached hydrogens (tertiary/aromatic N) is 1. The van der Waals surface area contributed by atoms with Crippen LogP contribution in [0, 0.1) is 13.8 Å². The summed E-state index contributed by atoms with van der Waals surface area (Å²) in [6.45, 7) is 10.5. The van der Waals surface area contributed by atoms with Gasteiger partial charge in [-0.05, 0) is 44.1 Å². The van der Waals surface area contributed by atoms with E-state index in [1.165, 1.54) is 16.7 Å². The molecule has 0 aromatic heterocycles. The van der Waals surface area contributed by atoms with Gasteiger partial charge in [0.2, 0.25) is 0 Å². The minimum Gasteiger partial charge on any atom is -0.374 e. The first kappa shape index (κ1) is 14.5. The molecular weight excluding hydrogens is 236 g/mol. The van der Waals surface area contributed by atoms with Gasteiger partial charge in [0.15, 0.2) is 0 Å². The second-order valence-electron chi connectivity index (χ2n) is 5.35. The Balaban J connectivity index is 2.39. The van der Waals surface area contributed by atoms with Crippen molar-refractivity contribution in [2.75, 3.05) is 33.3 Å². The lowest BCUT2D eigenvalue weighted by atomic mass is 9.90. The van der Waals surface area contributed by atoms with E-state index < -0.39 is 0 Å². The molecule has 1 aliphatic heterocycles. The van der Waals surface area contributed by atoms with E-state index in [1.807, 2.05) is 7.05 Å². The molecule has 3 nitrogen and oxygen atoms in total. The van der Waals surface area contributed by atoms with Gasteiger partial charge in [0.1, 0.15) is 0 Å². The summed E-state index contributed by atoms with van der Waals surface area (Å²) in [5, 5.41) is 3.27. The number of benzene rings is 1. The number of aryl methyl sites for hydroxylation is 2. The molecule has 1 aromatic carbocycles. The van der Waals surface area contributed by atoms with Crippen LogP contribution in [0.2, 0.25) is 0 Å². The molecule has 106 valence electrons. The molecule has 0 radical (unpaired) electrons. The van der Waals surface area contributed by atoms with Crippen LogP contribution in [0.4, 0.5) is 0 Å². The van der Waals surface area contributed by atoms with Crippen molar-refractivity contribution in [1.82, 2.24) is 10.2 Å². The topological polar surface area (TPSA) is 24.5 Å². The molecular formula is C16H26N2O. The standard InChI is InChI=1S/C16H26N2O/c1-5-18-9-10-19-14(11-17-4)16(18)15-12(2)7-6-8-13(15)3/h6-8,14,16-17H,5,9-11H2,1-4H3. The maximum atomic E-state index is 6.02. The van der Waals surface area contributed by atoms with E-state index >= 15 is 0 Å². The lowest BCUT2D eigenvalue weighted by Gasteiger charge is -2.42. The van der Waals surface area contributed by atoms with Crippen LogP contribution in [0.3, 0.4) is 0 Å². The third kappa shape index (κ3) is 2.99. The van der Waals surface area contributed by atoms with E-state index in [1.54, 1.807) is 0 Å². The van der Waals surface area contributed by atoms with Crippen molar-refractivity contribution in [1.29, 1.82) is 0 Å². The fourth-order valence-electron chi connectivity index (χ4n) is 3.18.